The summed E-state index contributed by atoms with van der Waals surface area (Å²) in [5.41, 5.74) is 0.343. The Balaban J connectivity index is 2.70. The van der Waals surface area contributed by atoms with E-state index in [0.717, 1.165) is 0 Å². The molecule has 6 nitrogen and oxygen atoms in total. The van der Waals surface area contributed by atoms with E-state index < -0.39 is 11.7 Å². The van der Waals surface area contributed by atoms with Gasteiger partial charge in [0.2, 0.25) is 0 Å². The van der Waals surface area contributed by atoms with Gasteiger partial charge in [-0.2, -0.15) is 4.98 Å². The molecule has 6 heteroatoms. The first-order valence-electron chi connectivity index (χ1n) is 5.11. The highest BCUT2D eigenvalue weighted by Crippen LogP contribution is 2.19. The number of hydrogen-bond acceptors (Lipinski definition) is 3. The van der Waals surface area contributed by atoms with Crippen molar-refractivity contribution in [3.8, 4) is 11.3 Å². The number of rotatable bonds is 3. The van der Waals surface area contributed by atoms with Crippen molar-refractivity contribution in [3.05, 3.63) is 40.7 Å². The highest BCUT2D eigenvalue weighted by molar-refractivity contribution is 5.94. The van der Waals surface area contributed by atoms with Gasteiger partial charge in [-0.15, -0.1) is 0 Å². The minimum absolute atomic E-state index is 0.0195. The molecule has 0 aromatic carbocycles. The number of nitrogens with zero attached hydrogens (tertiary/aromatic N) is 2. The van der Waals surface area contributed by atoms with Crippen LogP contribution in [0.3, 0.4) is 0 Å². The van der Waals surface area contributed by atoms with Crippen LogP contribution in [0.2, 0.25) is 0 Å². The quantitative estimate of drug-likeness (QED) is 0.826. The molecule has 2 N–H and O–H groups in total. The summed E-state index contributed by atoms with van der Waals surface area (Å²) in [6.07, 6.45) is 4.57. The number of aryl methyl sites for hydroxylation is 1. The molecule has 2 aromatic heterocycles. The first-order valence-corrected chi connectivity index (χ1v) is 5.11. The number of carboxylic acid groups (broad SMARTS) is 1. The molecule has 0 radical (unpaired) electrons. The van der Waals surface area contributed by atoms with E-state index in [1.54, 1.807) is 25.4 Å². The molecule has 0 saturated carbocycles. The molecule has 0 aliphatic rings. The molecule has 0 bridgehead atoms. The molecule has 0 amide bonds. The topological polar surface area (TPSA) is 88.0 Å². The lowest BCUT2D eigenvalue weighted by atomic mass is 10.1. The number of H-pyrrole nitrogens is 1. The van der Waals surface area contributed by atoms with Crippen LogP contribution in [-0.4, -0.2) is 25.6 Å². The van der Waals surface area contributed by atoms with Gasteiger partial charge in [0.05, 0.1) is 5.69 Å². The van der Waals surface area contributed by atoms with Gasteiger partial charge in [0.25, 0.3) is 0 Å². The third kappa shape index (κ3) is 1.96. The number of aromatic nitrogens is 3. The Bertz CT molecular complexity index is 599. The second-order valence-electron chi connectivity index (χ2n) is 3.48. The average molecular weight is 233 g/mol. The molecule has 2 rings (SSSR count). The molecule has 17 heavy (non-hydrogen) atoms. The summed E-state index contributed by atoms with van der Waals surface area (Å²) >= 11 is 0. The van der Waals surface area contributed by atoms with E-state index in [-0.39, 0.29) is 11.3 Å². The van der Waals surface area contributed by atoms with Crippen molar-refractivity contribution in [2.24, 2.45) is 0 Å². The SMILES string of the molecule is CCn1cc(C(=O)O)c(-c2cc[nH]c2)nc1=O. The summed E-state index contributed by atoms with van der Waals surface area (Å²) < 4.78 is 1.26. The lowest BCUT2D eigenvalue weighted by Gasteiger charge is -2.06. The third-order valence-corrected chi connectivity index (χ3v) is 2.44. The second-order valence-corrected chi connectivity index (χ2v) is 3.48. The van der Waals surface area contributed by atoms with Crippen molar-refractivity contribution >= 4 is 5.97 Å². The normalized spacial score (nSPS) is 10.4. The largest absolute Gasteiger partial charge is 0.478 e. The fourth-order valence-electron chi connectivity index (χ4n) is 1.57. The van der Waals surface area contributed by atoms with Crippen LogP contribution in [0.4, 0.5) is 0 Å². The average Bonchev–Trinajstić information content (AvgIpc) is 2.81. The summed E-state index contributed by atoms with van der Waals surface area (Å²) in [5, 5.41) is 9.11. The summed E-state index contributed by atoms with van der Waals surface area (Å²) in [5.74, 6) is -1.10. The monoisotopic (exact) mass is 233 g/mol. The Hall–Kier alpha value is -2.37. The maximum Gasteiger partial charge on any atom is 0.348 e. The zero-order chi connectivity index (χ0) is 12.4. The van der Waals surface area contributed by atoms with Crippen LogP contribution in [-0.2, 0) is 6.54 Å². The van der Waals surface area contributed by atoms with Crippen LogP contribution in [0, 0.1) is 0 Å². The number of carbonyl (C=O) groups is 1. The van der Waals surface area contributed by atoms with E-state index >= 15 is 0 Å². The van der Waals surface area contributed by atoms with E-state index in [9.17, 15) is 9.59 Å². The van der Waals surface area contributed by atoms with Crippen LogP contribution in [0.25, 0.3) is 11.3 Å². The van der Waals surface area contributed by atoms with Gasteiger partial charge in [0, 0.05) is 30.7 Å². The fourth-order valence-corrected chi connectivity index (χ4v) is 1.57. The number of nitrogens with one attached hydrogen (secondary N) is 1. The Morgan fingerprint density at radius 2 is 2.35 bits per heavy atom. The Morgan fingerprint density at radius 3 is 2.88 bits per heavy atom. The van der Waals surface area contributed by atoms with Crippen molar-refractivity contribution in [2.45, 2.75) is 13.5 Å². The van der Waals surface area contributed by atoms with E-state index in [1.165, 1.54) is 10.8 Å². The number of carboxylic acids is 1. The van der Waals surface area contributed by atoms with E-state index in [4.69, 9.17) is 5.11 Å². The van der Waals surface area contributed by atoms with Crippen molar-refractivity contribution in [2.75, 3.05) is 0 Å². The summed E-state index contributed by atoms with van der Waals surface area (Å²) in [6.45, 7) is 2.14. The first-order chi connectivity index (χ1) is 8.13. The first kappa shape index (κ1) is 11.1. The Labute approximate surface area is 96.6 Å². The molecule has 0 aliphatic carbocycles. The van der Waals surface area contributed by atoms with Gasteiger partial charge in [0.1, 0.15) is 5.56 Å². The van der Waals surface area contributed by atoms with Crippen LogP contribution < -0.4 is 5.69 Å². The molecule has 0 spiro atoms. The molecule has 2 aromatic rings. The molecule has 2 heterocycles. The van der Waals surface area contributed by atoms with Gasteiger partial charge < -0.3 is 10.1 Å². The molecule has 0 atom stereocenters. The van der Waals surface area contributed by atoms with E-state index in [2.05, 4.69) is 9.97 Å². The molecule has 88 valence electrons. The van der Waals surface area contributed by atoms with Crippen molar-refractivity contribution < 1.29 is 9.90 Å². The number of hydrogen-bond donors (Lipinski definition) is 2. The van der Waals surface area contributed by atoms with Gasteiger partial charge in [-0.1, -0.05) is 0 Å². The lowest BCUT2D eigenvalue weighted by molar-refractivity contribution is 0.0696. The summed E-state index contributed by atoms with van der Waals surface area (Å²) in [4.78, 5) is 29.3. The fraction of sp³-hybridized carbons (Fsp3) is 0.182. The minimum atomic E-state index is -1.10. The second kappa shape index (κ2) is 4.25. The van der Waals surface area contributed by atoms with E-state index in [0.29, 0.717) is 12.1 Å². The van der Waals surface area contributed by atoms with Crippen LogP contribution >= 0.6 is 0 Å². The summed E-state index contributed by atoms with van der Waals surface area (Å²) in [7, 11) is 0. The van der Waals surface area contributed by atoms with Crippen LogP contribution in [0.5, 0.6) is 0 Å². The van der Waals surface area contributed by atoms with Crippen molar-refractivity contribution in [3.63, 3.8) is 0 Å². The van der Waals surface area contributed by atoms with Crippen molar-refractivity contribution in [1.29, 1.82) is 0 Å². The molecule has 0 aliphatic heterocycles. The van der Waals surface area contributed by atoms with Crippen molar-refractivity contribution in [1.82, 2.24) is 14.5 Å². The molecule has 0 saturated heterocycles. The Morgan fingerprint density at radius 1 is 1.59 bits per heavy atom. The maximum absolute atomic E-state index is 11.6. The van der Waals surface area contributed by atoms with Crippen LogP contribution in [0.15, 0.2) is 29.5 Å². The van der Waals surface area contributed by atoms with Gasteiger partial charge in [-0.3, -0.25) is 4.57 Å². The predicted octanol–water partition coefficient (Wildman–Crippen LogP) is 0.956. The van der Waals surface area contributed by atoms with Crippen LogP contribution in [0.1, 0.15) is 17.3 Å². The minimum Gasteiger partial charge on any atom is -0.478 e. The summed E-state index contributed by atoms with van der Waals surface area (Å²) in [6, 6.07) is 1.67. The molecular weight excluding hydrogens is 222 g/mol. The number of aromatic amines is 1. The van der Waals surface area contributed by atoms with Gasteiger partial charge >= 0.3 is 11.7 Å². The zero-order valence-corrected chi connectivity index (χ0v) is 9.17. The zero-order valence-electron chi connectivity index (χ0n) is 9.17. The van der Waals surface area contributed by atoms with Gasteiger partial charge in [-0.25, -0.2) is 9.59 Å². The van der Waals surface area contributed by atoms with E-state index in [1.807, 2.05) is 0 Å². The predicted molar refractivity (Wildman–Crippen MR) is 60.9 cm³/mol. The third-order valence-electron chi connectivity index (χ3n) is 2.44. The lowest BCUT2D eigenvalue weighted by Crippen LogP contribution is -2.24. The maximum atomic E-state index is 11.6. The molecule has 0 unspecified atom stereocenters. The highest BCUT2D eigenvalue weighted by Gasteiger charge is 2.16. The Kier molecular flexibility index (Phi) is 2.78. The highest BCUT2D eigenvalue weighted by atomic mass is 16.4. The standard InChI is InChI=1S/C11H11N3O3/c1-2-14-6-8(10(15)16)9(13-11(14)17)7-3-4-12-5-7/h3-6,12H,2H2,1H3,(H,15,16). The molecular formula is C11H11N3O3. The molecule has 0 fully saturated rings. The smallest absolute Gasteiger partial charge is 0.348 e. The van der Waals surface area contributed by atoms with Gasteiger partial charge in [-0.05, 0) is 13.0 Å². The number of aromatic carboxylic acids is 1. The van der Waals surface area contributed by atoms with Gasteiger partial charge in [0.15, 0.2) is 0 Å².